The number of aryl methyl sites for hydroxylation is 1. The van der Waals surface area contributed by atoms with Gasteiger partial charge in [0.2, 0.25) is 0 Å². The summed E-state index contributed by atoms with van der Waals surface area (Å²) in [5.41, 5.74) is 2.67. The first-order chi connectivity index (χ1) is 17.8. The van der Waals surface area contributed by atoms with Crippen molar-refractivity contribution >= 4 is 29.6 Å². The highest BCUT2D eigenvalue weighted by Gasteiger charge is 2.39. The molecule has 3 aromatic rings. The summed E-state index contributed by atoms with van der Waals surface area (Å²) < 4.78 is 11.3. The number of carbonyl (C=O) groups excluding carboxylic acids is 1. The predicted molar refractivity (Wildman–Crippen MR) is 146 cm³/mol. The maximum absolute atomic E-state index is 13.9. The van der Waals surface area contributed by atoms with Gasteiger partial charge >= 0.3 is 5.97 Å². The molecule has 0 amide bonds. The number of rotatable bonds is 10. The number of allylic oxidation sites excluding steroid dienone is 1. The Labute approximate surface area is 221 Å². The van der Waals surface area contributed by atoms with Gasteiger partial charge in [-0.15, -0.1) is 0 Å². The number of methoxy groups -OCH3 is 1. The highest BCUT2D eigenvalue weighted by molar-refractivity contribution is 6.34. The summed E-state index contributed by atoms with van der Waals surface area (Å²) in [6.07, 6.45) is 6.23. The van der Waals surface area contributed by atoms with Crippen LogP contribution in [-0.4, -0.2) is 42.3 Å². The largest absolute Gasteiger partial charge is 0.496 e. The van der Waals surface area contributed by atoms with Crippen molar-refractivity contribution in [3.05, 3.63) is 94.0 Å². The van der Waals surface area contributed by atoms with Gasteiger partial charge in [0.05, 0.1) is 24.3 Å². The van der Waals surface area contributed by atoms with Crippen LogP contribution in [0.15, 0.2) is 71.7 Å². The molecular formula is C30H28ClNO5. The Bertz CT molecular complexity index is 1400. The topological polar surface area (TPSA) is 85.2 Å². The van der Waals surface area contributed by atoms with Gasteiger partial charge in [0.1, 0.15) is 17.0 Å². The lowest BCUT2D eigenvalue weighted by atomic mass is 9.83. The number of aliphatic imine (C=N–C) groups is 1. The fourth-order valence-corrected chi connectivity index (χ4v) is 4.66. The molecule has 1 N–H and O–H groups in total. The van der Waals surface area contributed by atoms with Gasteiger partial charge in [-0.2, -0.15) is 0 Å². The number of carboxylic acid groups (broad SMARTS) is 1. The lowest BCUT2D eigenvalue weighted by Crippen LogP contribution is -2.36. The fourth-order valence-electron chi connectivity index (χ4n) is 4.40. The monoisotopic (exact) mass is 517 g/mol. The molecule has 7 heteroatoms. The van der Waals surface area contributed by atoms with Crippen molar-refractivity contribution in [3.63, 3.8) is 0 Å². The van der Waals surface area contributed by atoms with E-state index in [9.17, 15) is 14.7 Å². The molecule has 0 saturated carbocycles. The van der Waals surface area contributed by atoms with Crippen molar-refractivity contribution in [2.24, 2.45) is 4.99 Å². The van der Waals surface area contributed by atoms with Gasteiger partial charge in [-0.05, 0) is 90.2 Å². The molecule has 0 aliphatic carbocycles. The average molecular weight is 518 g/mol. The van der Waals surface area contributed by atoms with E-state index in [4.69, 9.17) is 21.1 Å². The van der Waals surface area contributed by atoms with Crippen LogP contribution < -0.4 is 9.47 Å². The maximum atomic E-state index is 13.9. The van der Waals surface area contributed by atoms with Gasteiger partial charge in [-0.3, -0.25) is 9.79 Å². The summed E-state index contributed by atoms with van der Waals surface area (Å²) in [4.78, 5) is 30.0. The van der Waals surface area contributed by atoms with Crippen LogP contribution in [0.1, 0.15) is 45.2 Å². The summed E-state index contributed by atoms with van der Waals surface area (Å²) in [6.45, 7) is 4.50. The minimum absolute atomic E-state index is 0.203. The van der Waals surface area contributed by atoms with Gasteiger partial charge in [0, 0.05) is 18.2 Å². The summed E-state index contributed by atoms with van der Waals surface area (Å²) in [6, 6.07) is 15.7. The molecule has 6 nitrogen and oxygen atoms in total. The van der Waals surface area contributed by atoms with E-state index in [1.807, 2.05) is 32.0 Å². The zero-order chi connectivity index (χ0) is 26.6. The molecule has 4 rings (SSSR count). The van der Waals surface area contributed by atoms with Crippen molar-refractivity contribution < 1.29 is 24.2 Å². The van der Waals surface area contributed by atoms with Crippen molar-refractivity contribution in [2.45, 2.75) is 32.2 Å². The Hall–Kier alpha value is -3.90. The third-order valence-electron chi connectivity index (χ3n) is 6.35. The number of carbonyl (C=O) groups is 2. The fraction of sp³-hybridized carbons (Fsp3) is 0.233. The lowest BCUT2D eigenvalue weighted by molar-refractivity contribution is 0.0696. The van der Waals surface area contributed by atoms with E-state index in [1.54, 1.807) is 61.9 Å². The van der Waals surface area contributed by atoms with E-state index < -0.39 is 11.5 Å². The molecule has 0 spiro atoms. The number of aromatic carboxylic acids is 1. The zero-order valence-electron chi connectivity index (χ0n) is 21.0. The lowest BCUT2D eigenvalue weighted by Gasteiger charge is -2.25. The SMILES string of the molecule is CCCOc1ccc(C(=O)C2(Cc3cc(-c4cc(C(=O)O)ccc4C)ccc3OC)C=CC=N2)c(Cl)c1. The third kappa shape index (κ3) is 5.44. The number of Topliss-reactive ketones (excluding diaryl/α,β-unsaturated/α-hetero) is 1. The molecule has 0 saturated heterocycles. The molecule has 0 radical (unpaired) electrons. The molecule has 3 aromatic carbocycles. The summed E-state index contributed by atoms with van der Waals surface area (Å²) in [5, 5.41) is 9.76. The molecule has 0 aromatic heterocycles. The third-order valence-corrected chi connectivity index (χ3v) is 6.66. The molecule has 0 fully saturated rings. The van der Waals surface area contributed by atoms with E-state index in [0.717, 1.165) is 28.7 Å². The van der Waals surface area contributed by atoms with Gasteiger partial charge in [-0.25, -0.2) is 4.79 Å². The van der Waals surface area contributed by atoms with Crippen LogP contribution >= 0.6 is 11.6 Å². The Kier molecular flexibility index (Phi) is 7.79. The Morgan fingerprint density at radius 3 is 2.54 bits per heavy atom. The Balaban J connectivity index is 1.73. The molecule has 1 atom stereocenters. The molecule has 0 bridgehead atoms. The number of ether oxygens (including phenoxy) is 2. The van der Waals surface area contributed by atoms with Crippen molar-refractivity contribution in [3.8, 4) is 22.6 Å². The van der Waals surface area contributed by atoms with Gasteiger partial charge in [0.25, 0.3) is 0 Å². The van der Waals surface area contributed by atoms with E-state index in [2.05, 4.69) is 4.99 Å². The van der Waals surface area contributed by atoms with Crippen LogP contribution in [0.25, 0.3) is 11.1 Å². The number of nitrogens with zero attached hydrogens (tertiary/aromatic N) is 1. The van der Waals surface area contributed by atoms with Crippen LogP contribution in [0.5, 0.6) is 11.5 Å². The maximum Gasteiger partial charge on any atom is 0.335 e. The highest BCUT2D eigenvalue weighted by Crippen LogP contribution is 2.36. The van der Waals surface area contributed by atoms with Gasteiger partial charge in [0.15, 0.2) is 5.78 Å². The van der Waals surface area contributed by atoms with Crippen LogP contribution in [0.3, 0.4) is 0 Å². The second kappa shape index (κ2) is 11.0. The number of benzene rings is 3. The Morgan fingerprint density at radius 1 is 1.08 bits per heavy atom. The quantitative estimate of drug-likeness (QED) is 0.306. The minimum atomic E-state index is -1.20. The summed E-state index contributed by atoms with van der Waals surface area (Å²) in [7, 11) is 1.57. The second-order valence-corrected chi connectivity index (χ2v) is 9.33. The first-order valence-electron chi connectivity index (χ1n) is 12.0. The van der Waals surface area contributed by atoms with Crippen LogP contribution in [0.2, 0.25) is 5.02 Å². The zero-order valence-corrected chi connectivity index (χ0v) is 21.7. The second-order valence-electron chi connectivity index (χ2n) is 8.92. The number of hydrogen-bond acceptors (Lipinski definition) is 5. The minimum Gasteiger partial charge on any atom is -0.496 e. The molecule has 190 valence electrons. The van der Waals surface area contributed by atoms with E-state index in [1.165, 1.54) is 0 Å². The van der Waals surface area contributed by atoms with E-state index in [0.29, 0.717) is 28.7 Å². The van der Waals surface area contributed by atoms with E-state index >= 15 is 0 Å². The van der Waals surface area contributed by atoms with Gasteiger partial charge in [-0.1, -0.05) is 30.7 Å². The normalized spacial score (nSPS) is 16.1. The van der Waals surface area contributed by atoms with Crippen LogP contribution in [0.4, 0.5) is 0 Å². The van der Waals surface area contributed by atoms with Crippen molar-refractivity contribution in [2.75, 3.05) is 13.7 Å². The molecule has 37 heavy (non-hydrogen) atoms. The van der Waals surface area contributed by atoms with Crippen LogP contribution in [0, 0.1) is 6.92 Å². The smallest absolute Gasteiger partial charge is 0.335 e. The molecular weight excluding hydrogens is 490 g/mol. The van der Waals surface area contributed by atoms with Gasteiger partial charge < -0.3 is 14.6 Å². The van der Waals surface area contributed by atoms with Crippen molar-refractivity contribution in [1.82, 2.24) is 0 Å². The number of hydrogen-bond donors (Lipinski definition) is 1. The predicted octanol–water partition coefficient (Wildman–Crippen LogP) is 6.62. The number of ketones is 1. The number of halogens is 1. The first-order valence-corrected chi connectivity index (χ1v) is 12.4. The van der Waals surface area contributed by atoms with Crippen LogP contribution in [-0.2, 0) is 6.42 Å². The van der Waals surface area contributed by atoms with E-state index in [-0.39, 0.29) is 17.8 Å². The molecule has 1 aliphatic heterocycles. The first kappa shape index (κ1) is 26.2. The molecule has 1 heterocycles. The average Bonchev–Trinajstić information content (AvgIpc) is 3.37. The summed E-state index contributed by atoms with van der Waals surface area (Å²) in [5.74, 6) is -0.0156. The summed E-state index contributed by atoms with van der Waals surface area (Å²) >= 11 is 6.52. The highest BCUT2D eigenvalue weighted by atomic mass is 35.5. The Morgan fingerprint density at radius 2 is 1.89 bits per heavy atom. The molecule has 1 aliphatic rings. The standard InChI is InChI=1S/C30H28ClNO5/c1-4-14-37-23-9-10-24(26(31)17-23)28(33)30(12-5-13-32-30)18-22-15-20(8-11-27(22)36-3)25-16-21(29(34)35)7-6-19(25)2/h5-13,15-17H,4,14,18H2,1-3H3,(H,34,35). The molecule has 1 unspecified atom stereocenters. The van der Waals surface area contributed by atoms with Crippen molar-refractivity contribution in [1.29, 1.82) is 0 Å². The number of carboxylic acids is 1.